The lowest BCUT2D eigenvalue weighted by Crippen LogP contribution is -2.55. The highest BCUT2D eigenvalue weighted by Gasteiger charge is 2.46. The number of hydrogen-bond donors (Lipinski definition) is 5. The first-order valence-corrected chi connectivity index (χ1v) is 23.5. The number of fused-ring (bicyclic) bond motifs is 3. The van der Waals surface area contributed by atoms with Gasteiger partial charge in [-0.1, -0.05) is 54.8 Å². The number of hydrogen-bond acceptors (Lipinski definition) is 14. The number of methoxy groups -OCH3 is 2. The van der Waals surface area contributed by atoms with Gasteiger partial charge in [-0.15, -0.1) is 9.45 Å². The fourth-order valence-electron chi connectivity index (χ4n) is 8.47. The molecule has 63 heavy (non-hydrogen) atoms. The minimum atomic E-state index is -1.33. The summed E-state index contributed by atoms with van der Waals surface area (Å²) in [5, 5.41) is 29.5. The van der Waals surface area contributed by atoms with E-state index in [1.807, 2.05) is 20.1 Å². The molecule has 2 aliphatic carbocycles. The summed E-state index contributed by atoms with van der Waals surface area (Å²) in [6.07, 6.45) is 0.961. The van der Waals surface area contributed by atoms with E-state index in [9.17, 15) is 24.6 Å². The van der Waals surface area contributed by atoms with Gasteiger partial charge in [-0.3, -0.25) is 14.6 Å². The van der Waals surface area contributed by atoms with Gasteiger partial charge in [0, 0.05) is 65.4 Å². The van der Waals surface area contributed by atoms with Gasteiger partial charge in [0.25, 0.3) is 0 Å². The Morgan fingerprint density at radius 3 is 2.67 bits per heavy atom. The number of amides is 1. The van der Waals surface area contributed by atoms with Crippen molar-refractivity contribution in [2.24, 2.45) is 5.92 Å². The largest absolute Gasteiger partial charge is 0.508 e. The molecule has 4 aliphatic rings. The topological polar surface area (TPSA) is 200 Å². The van der Waals surface area contributed by atoms with Crippen LogP contribution < -0.4 is 10.6 Å². The molecule has 1 aromatic carbocycles. The van der Waals surface area contributed by atoms with Gasteiger partial charge in [0.05, 0.1) is 49.5 Å². The van der Waals surface area contributed by atoms with Crippen molar-refractivity contribution >= 4 is 60.1 Å². The zero-order chi connectivity index (χ0) is 44.9. The lowest BCUT2D eigenvalue weighted by Gasteiger charge is -2.43. The van der Waals surface area contributed by atoms with E-state index >= 15 is 0 Å². The number of rotatable bonds is 12. The molecule has 3 aromatic rings. The molecular weight excluding hydrogens is 849 g/mol. The second kappa shape index (κ2) is 20.4. The predicted molar refractivity (Wildman–Crippen MR) is 239 cm³/mol. The van der Waals surface area contributed by atoms with Crippen LogP contribution in [-0.2, 0) is 53.9 Å². The number of carbonyl (C=O) groups is 3. The Kier molecular flexibility index (Phi) is 14.9. The molecule has 2 aromatic heterocycles. The number of aliphatic hydroxyl groups is 1. The number of aromatic hydroxyl groups is 1. The molecule has 0 radical (unpaired) electrons. The number of allylic oxidation sites excluding steroid dienone is 2. The maximum Gasteiger partial charge on any atom is 0.407 e. The molecule has 334 valence electrons. The molecule has 4 heterocycles. The molecule has 15 nitrogen and oxygen atoms in total. The third-order valence-corrected chi connectivity index (χ3v) is 12.5. The van der Waals surface area contributed by atoms with E-state index < -0.39 is 70.3 Å². The second-order valence-electron chi connectivity index (χ2n) is 16.1. The Morgan fingerprint density at radius 1 is 1.13 bits per heavy atom. The number of carbonyl (C=O) groups excluding carboxylic acids is 3. The van der Waals surface area contributed by atoms with Crippen LogP contribution in [0, 0.1) is 29.6 Å². The number of nitrogens with zero attached hydrogens (tertiary/aromatic N) is 1. The monoisotopic (exact) mass is 900 g/mol. The lowest BCUT2D eigenvalue weighted by atomic mass is 9.86. The van der Waals surface area contributed by atoms with Crippen LogP contribution in [0.5, 0.6) is 5.75 Å². The average Bonchev–Trinajstić information content (AvgIpc) is 3.62. The van der Waals surface area contributed by atoms with Gasteiger partial charge in [-0.05, 0) is 61.6 Å². The van der Waals surface area contributed by atoms with E-state index in [2.05, 4.69) is 44.3 Å². The number of ether oxygens (including phenoxy) is 6. The van der Waals surface area contributed by atoms with Crippen molar-refractivity contribution in [3.05, 3.63) is 71.1 Å². The summed E-state index contributed by atoms with van der Waals surface area (Å²) in [6.45, 7) is 6.14. The molecule has 9 unspecified atom stereocenters. The van der Waals surface area contributed by atoms with Gasteiger partial charge >= 0.3 is 6.09 Å². The van der Waals surface area contributed by atoms with Gasteiger partial charge in [0.15, 0.2) is 24.1 Å². The van der Waals surface area contributed by atoms with Crippen molar-refractivity contribution in [3.8, 4) is 29.4 Å². The van der Waals surface area contributed by atoms with Crippen LogP contribution >= 0.6 is 0 Å². The molecule has 0 spiro atoms. The van der Waals surface area contributed by atoms with E-state index in [4.69, 9.17) is 39.6 Å². The summed E-state index contributed by atoms with van der Waals surface area (Å²) in [7, 11) is 2.30. The van der Waals surface area contributed by atoms with Crippen molar-refractivity contribution in [2.75, 3.05) is 32.8 Å². The van der Waals surface area contributed by atoms with Gasteiger partial charge in [-0.25, -0.2) is 4.79 Å². The number of aromatic amines is 1. The Balaban J connectivity index is 1.29. The number of phenols is 1. The van der Waals surface area contributed by atoms with Crippen LogP contribution in [-0.4, -0.2) is 132 Å². The zero-order valence-corrected chi connectivity index (χ0v) is 37.5. The molecule has 7 rings (SSSR count). The molecule has 17 heteroatoms. The minimum Gasteiger partial charge on any atom is -0.508 e. The summed E-state index contributed by atoms with van der Waals surface area (Å²) in [4.78, 5) is 49.1. The molecule has 2 saturated heterocycles. The Bertz CT molecular complexity index is 2490. The van der Waals surface area contributed by atoms with Crippen LogP contribution in [0.15, 0.2) is 65.4 Å². The summed E-state index contributed by atoms with van der Waals surface area (Å²) < 4.78 is 37.4. The number of nitrogens with one attached hydrogen (secondary N) is 3. The van der Waals surface area contributed by atoms with Crippen molar-refractivity contribution in [3.63, 3.8) is 0 Å². The third-order valence-electron chi connectivity index (χ3n) is 11.4. The minimum absolute atomic E-state index is 0.0917. The molecule has 2 fully saturated rings. The number of phenolic OH excluding ortho intramolecular Hbond substituents is 1. The molecule has 0 saturated carbocycles. The van der Waals surface area contributed by atoms with Crippen molar-refractivity contribution in [2.45, 2.75) is 101 Å². The van der Waals surface area contributed by atoms with E-state index in [-0.39, 0.29) is 66.0 Å². The Labute approximate surface area is 372 Å². The van der Waals surface area contributed by atoms with Crippen LogP contribution in [0.3, 0.4) is 0 Å². The number of aromatic nitrogens is 2. The molecular formula is C46H52N4O11S2. The molecule has 11 atom stereocenters. The van der Waals surface area contributed by atoms with Crippen LogP contribution in [0.25, 0.3) is 21.8 Å². The fourth-order valence-corrected chi connectivity index (χ4v) is 9.09. The number of alkyl carbamates (subject to hydrolysis) is 1. The lowest BCUT2D eigenvalue weighted by molar-refractivity contribution is -0.304. The highest BCUT2D eigenvalue weighted by molar-refractivity contribution is 8.28. The number of aliphatic hydroxyl groups excluding tert-OH is 1. The predicted octanol–water partition coefficient (Wildman–Crippen LogP) is 3.82. The highest BCUT2D eigenvalue weighted by Crippen LogP contribution is 2.38. The van der Waals surface area contributed by atoms with Gasteiger partial charge in [0.2, 0.25) is 0 Å². The van der Waals surface area contributed by atoms with Crippen molar-refractivity contribution < 1.29 is 53.0 Å². The van der Waals surface area contributed by atoms with Gasteiger partial charge in [-0.2, -0.15) is 0 Å². The molecule has 5 N–H and O–H groups in total. The third kappa shape index (κ3) is 10.4. The fraction of sp³-hybridized carbons (Fsp3) is 0.478. The van der Waals surface area contributed by atoms with E-state index in [0.29, 0.717) is 23.3 Å². The standard InChI is InChI=1S/C46H52N4O11S2/c1-24(2)48-33-23-58-39(22-37(33)56-4)60-38-20-30(44(54)43-42-27(15-17-47-43)31-19-26(51)13-14-32(31)49-42)25(3)59-45(38)61-36-12-10-8-7-9-11-29-40(36)28(16-18-63(6)62)34(52)21-35(53)41(29)50-46(55)57-5/h7-8,13-17,19,24-25,30,33-34,36-39,41,45,48-49,51-52H,18,20-23H2,1-6H3,(H,50,55)/b8-7-,28-16-/t25?,30?,33?,34-,36-,37?,38?,39?,41?,45?,63?/m0/s1. The van der Waals surface area contributed by atoms with Gasteiger partial charge in [0.1, 0.15) is 29.7 Å². The van der Waals surface area contributed by atoms with Crippen LogP contribution in [0.2, 0.25) is 0 Å². The number of Topliss-reactive ketones (excluding diaryl/α,β-unsaturated/α-hetero) is 2. The van der Waals surface area contributed by atoms with E-state index in [1.54, 1.807) is 50.6 Å². The average molecular weight is 901 g/mol. The number of H-pyrrole nitrogens is 1. The number of benzene rings is 1. The molecule has 1 amide bonds. The second-order valence-corrected chi connectivity index (χ2v) is 19.3. The number of pyridine rings is 1. The highest BCUT2D eigenvalue weighted by atomic mass is 32.8. The maximum atomic E-state index is 14.7. The van der Waals surface area contributed by atoms with Gasteiger partial charge < -0.3 is 54.3 Å². The Hall–Kier alpha value is -4.79. The SMILES string of the molecule is COC(=O)NC1C(=O)C[C@H](O)/C(=C/CS(C)=S)C2=C1C#C/C=C\C#C[C@@H]2OC1OC(C)C(C(=O)c2nccc3c2[nH]c2ccc(O)cc23)CC1OC1CC(OC)C(NC(C)C)CO1. The maximum absolute atomic E-state index is 14.7. The molecule has 2 aliphatic heterocycles. The first kappa shape index (κ1) is 46.2. The van der Waals surface area contributed by atoms with Crippen molar-refractivity contribution in [1.29, 1.82) is 0 Å². The summed E-state index contributed by atoms with van der Waals surface area (Å²) in [5.41, 5.74) is 2.20. The quantitative estimate of drug-likeness (QED) is 0.130. The molecule has 0 bridgehead atoms. The normalized spacial score (nSPS) is 30.2. The van der Waals surface area contributed by atoms with Crippen molar-refractivity contribution in [1.82, 2.24) is 20.6 Å². The summed E-state index contributed by atoms with van der Waals surface area (Å²) in [5.74, 6) is 10.9. The van der Waals surface area contributed by atoms with Crippen LogP contribution in [0.1, 0.15) is 50.5 Å². The smallest absolute Gasteiger partial charge is 0.407 e. The summed E-state index contributed by atoms with van der Waals surface area (Å²) in [6, 6.07) is 5.50. The van der Waals surface area contributed by atoms with E-state index in [1.165, 1.54) is 19.3 Å². The summed E-state index contributed by atoms with van der Waals surface area (Å²) >= 11 is 5.52. The number of ketones is 2. The van der Waals surface area contributed by atoms with Crippen LogP contribution in [0.4, 0.5) is 4.79 Å². The first-order chi connectivity index (χ1) is 30.3. The van der Waals surface area contributed by atoms with E-state index in [0.717, 1.165) is 16.3 Å². The Morgan fingerprint density at radius 2 is 1.92 bits per heavy atom. The zero-order valence-electron chi connectivity index (χ0n) is 35.8. The first-order valence-electron chi connectivity index (χ1n) is 20.7.